The van der Waals surface area contributed by atoms with Crippen LogP contribution in [0.15, 0.2) is 79.3 Å². The van der Waals surface area contributed by atoms with Crippen LogP contribution in [0.3, 0.4) is 0 Å². The highest BCUT2D eigenvalue weighted by atomic mass is 16.4. The fourth-order valence-corrected chi connectivity index (χ4v) is 4.93. The number of carboxylic acid groups (broad SMARTS) is 1. The van der Waals surface area contributed by atoms with Crippen LogP contribution >= 0.6 is 0 Å². The minimum atomic E-state index is -1.09. The Morgan fingerprint density at radius 2 is 1.66 bits per heavy atom. The largest absolute Gasteiger partial charge is 0.465 e. The predicted octanol–water partition coefficient (Wildman–Crippen LogP) is 3.60. The van der Waals surface area contributed by atoms with E-state index in [-0.39, 0.29) is 17.7 Å². The second-order valence-corrected chi connectivity index (χ2v) is 8.85. The Labute approximate surface area is 216 Å². The first-order valence-corrected chi connectivity index (χ1v) is 12.1. The molecule has 0 radical (unpaired) electrons. The molecule has 38 heavy (non-hydrogen) atoms. The molecule has 0 fully saturated rings. The number of para-hydroxylation sites is 2. The molecule has 0 aliphatic carbocycles. The maximum Gasteiger partial charge on any atom is 0.404 e. The van der Waals surface area contributed by atoms with Crippen LogP contribution < -0.4 is 10.6 Å². The standard InChI is InChI=1S/C28H22N6O4/c35-26-23(20-16-33(17-7-5-12-29-15-17)21-10-3-1-8-18(20)21)24(27(36)31-26)25-19-9-2-4-11-22(19)34(32-25)14-6-13-30-28(37)38/h1-5,7-12,15-16,30H,6,13-14H2,(H,37,38)(H,31,35,36). The number of rotatable bonds is 7. The highest BCUT2D eigenvalue weighted by Gasteiger charge is 2.36. The summed E-state index contributed by atoms with van der Waals surface area (Å²) >= 11 is 0. The van der Waals surface area contributed by atoms with E-state index < -0.39 is 17.9 Å². The molecule has 0 spiro atoms. The summed E-state index contributed by atoms with van der Waals surface area (Å²) in [7, 11) is 0. The number of aromatic nitrogens is 4. The topological polar surface area (TPSA) is 131 Å². The number of nitrogens with one attached hydrogen (secondary N) is 2. The molecule has 1 aliphatic heterocycles. The third-order valence-corrected chi connectivity index (χ3v) is 6.55. The first-order chi connectivity index (χ1) is 18.5. The van der Waals surface area contributed by atoms with Crippen LogP contribution in [0.25, 0.3) is 38.6 Å². The molecule has 0 atom stereocenters. The van der Waals surface area contributed by atoms with E-state index in [1.54, 1.807) is 17.1 Å². The minimum Gasteiger partial charge on any atom is -0.465 e. The van der Waals surface area contributed by atoms with E-state index in [4.69, 9.17) is 10.2 Å². The predicted molar refractivity (Wildman–Crippen MR) is 141 cm³/mol. The SMILES string of the molecule is O=C(O)NCCCn1nc(C2=C(c3cn(-c4cccnc4)c4ccccc34)C(=O)NC2=O)c2ccccc21. The molecule has 6 rings (SSSR count). The average Bonchev–Trinajstić information content (AvgIpc) is 3.57. The molecule has 1 aliphatic rings. The van der Waals surface area contributed by atoms with Gasteiger partial charge in [-0.15, -0.1) is 0 Å². The van der Waals surface area contributed by atoms with Crippen molar-refractivity contribution in [1.29, 1.82) is 0 Å². The fraction of sp³-hybridized carbons (Fsp3) is 0.107. The first kappa shape index (κ1) is 23.2. The van der Waals surface area contributed by atoms with Crippen molar-refractivity contribution in [2.75, 3.05) is 6.54 Å². The van der Waals surface area contributed by atoms with E-state index in [0.29, 0.717) is 24.2 Å². The molecule has 5 aromatic rings. The molecular formula is C28H22N6O4. The molecule has 3 amide bonds. The van der Waals surface area contributed by atoms with Crippen molar-refractivity contribution in [2.45, 2.75) is 13.0 Å². The molecule has 10 nitrogen and oxygen atoms in total. The van der Waals surface area contributed by atoms with Gasteiger partial charge in [0.25, 0.3) is 11.8 Å². The molecule has 3 aromatic heterocycles. The normalized spacial score (nSPS) is 13.5. The van der Waals surface area contributed by atoms with Crippen molar-refractivity contribution in [3.63, 3.8) is 0 Å². The summed E-state index contributed by atoms with van der Waals surface area (Å²) in [6, 6.07) is 18.9. The Morgan fingerprint density at radius 3 is 2.42 bits per heavy atom. The van der Waals surface area contributed by atoms with Gasteiger partial charge in [-0.25, -0.2) is 4.79 Å². The molecule has 4 heterocycles. The summed E-state index contributed by atoms with van der Waals surface area (Å²) in [5.74, 6) is -0.991. The van der Waals surface area contributed by atoms with E-state index in [9.17, 15) is 14.4 Å². The van der Waals surface area contributed by atoms with Gasteiger partial charge in [0.15, 0.2) is 0 Å². The molecule has 3 N–H and O–H groups in total. The van der Waals surface area contributed by atoms with Crippen LogP contribution in [0.4, 0.5) is 4.79 Å². The smallest absolute Gasteiger partial charge is 0.404 e. The zero-order valence-electron chi connectivity index (χ0n) is 20.1. The quantitative estimate of drug-likeness (QED) is 0.228. The van der Waals surface area contributed by atoms with Gasteiger partial charge in [0.05, 0.1) is 34.1 Å². The number of amides is 3. The summed E-state index contributed by atoms with van der Waals surface area (Å²) < 4.78 is 3.69. The monoisotopic (exact) mass is 506 g/mol. The van der Waals surface area contributed by atoms with Gasteiger partial charge in [0.1, 0.15) is 5.69 Å². The van der Waals surface area contributed by atoms with Crippen LogP contribution in [-0.4, -0.2) is 48.9 Å². The Bertz CT molecular complexity index is 1770. The van der Waals surface area contributed by atoms with Crippen molar-refractivity contribution in [1.82, 2.24) is 30.0 Å². The Balaban J connectivity index is 1.53. The number of carbonyl (C=O) groups is 3. The molecule has 0 saturated carbocycles. The number of hydrogen-bond acceptors (Lipinski definition) is 5. The Morgan fingerprint density at radius 1 is 0.921 bits per heavy atom. The Hall–Kier alpha value is -5.25. The van der Waals surface area contributed by atoms with Crippen molar-refractivity contribution in [2.24, 2.45) is 0 Å². The molecule has 0 bridgehead atoms. The van der Waals surface area contributed by atoms with E-state index in [1.807, 2.05) is 71.4 Å². The second kappa shape index (κ2) is 9.32. The average molecular weight is 507 g/mol. The number of fused-ring (bicyclic) bond motifs is 2. The van der Waals surface area contributed by atoms with Crippen LogP contribution in [-0.2, 0) is 16.1 Å². The van der Waals surface area contributed by atoms with Gasteiger partial charge in [0, 0.05) is 41.8 Å². The summed E-state index contributed by atoms with van der Waals surface area (Å²) in [6.07, 6.45) is 4.70. The lowest BCUT2D eigenvalue weighted by Crippen LogP contribution is -2.23. The van der Waals surface area contributed by atoms with Crippen molar-refractivity contribution < 1.29 is 19.5 Å². The molecule has 0 unspecified atom stereocenters. The number of imide groups is 1. The third kappa shape index (κ3) is 3.88. The maximum atomic E-state index is 13.3. The number of nitrogens with zero attached hydrogens (tertiary/aromatic N) is 4. The van der Waals surface area contributed by atoms with E-state index >= 15 is 0 Å². The lowest BCUT2D eigenvalue weighted by Gasteiger charge is -2.04. The van der Waals surface area contributed by atoms with Gasteiger partial charge in [-0.3, -0.25) is 24.6 Å². The number of carbonyl (C=O) groups excluding carboxylic acids is 2. The van der Waals surface area contributed by atoms with E-state index in [0.717, 1.165) is 27.5 Å². The van der Waals surface area contributed by atoms with Crippen LogP contribution in [0.5, 0.6) is 0 Å². The highest BCUT2D eigenvalue weighted by molar-refractivity contribution is 6.50. The zero-order chi connectivity index (χ0) is 26.2. The first-order valence-electron chi connectivity index (χ1n) is 12.1. The third-order valence-electron chi connectivity index (χ3n) is 6.55. The minimum absolute atomic E-state index is 0.211. The summed E-state index contributed by atoms with van der Waals surface area (Å²) in [6.45, 7) is 0.693. The van der Waals surface area contributed by atoms with Gasteiger partial charge >= 0.3 is 6.09 Å². The van der Waals surface area contributed by atoms with Crippen LogP contribution in [0.2, 0.25) is 0 Å². The molecular weight excluding hydrogens is 484 g/mol. The lowest BCUT2D eigenvalue weighted by molar-refractivity contribution is -0.122. The number of benzene rings is 2. The summed E-state index contributed by atoms with van der Waals surface area (Å²) in [5.41, 5.74) is 3.98. The number of aryl methyl sites for hydroxylation is 1. The molecule has 2 aromatic carbocycles. The van der Waals surface area contributed by atoms with E-state index in [1.165, 1.54) is 0 Å². The van der Waals surface area contributed by atoms with Gasteiger partial charge in [0.2, 0.25) is 0 Å². The van der Waals surface area contributed by atoms with Crippen molar-refractivity contribution >= 4 is 50.9 Å². The lowest BCUT2D eigenvalue weighted by atomic mass is 9.97. The van der Waals surface area contributed by atoms with Gasteiger partial charge in [-0.05, 0) is 30.7 Å². The second-order valence-electron chi connectivity index (χ2n) is 8.85. The van der Waals surface area contributed by atoms with Gasteiger partial charge in [-0.1, -0.05) is 36.4 Å². The van der Waals surface area contributed by atoms with Crippen molar-refractivity contribution in [3.05, 3.63) is 90.5 Å². The maximum absolute atomic E-state index is 13.3. The van der Waals surface area contributed by atoms with Crippen LogP contribution in [0.1, 0.15) is 17.7 Å². The molecule has 10 heteroatoms. The Kier molecular flexibility index (Phi) is 5.68. The molecule has 188 valence electrons. The zero-order valence-corrected chi connectivity index (χ0v) is 20.1. The van der Waals surface area contributed by atoms with E-state index in [2.05, 4.69) is 15.6 Å². The number of pyridine rings is 1. The molecule has 0 saturated heterocycles. The van der Waals surface area contributed by atoms with Crippen molar-refractivity contribution in [3.8, 4) is 5.69 Å². The number of hydrogen-bond donors (Lipinski definition) is 3. The van der Waals surface area contributed by atoms with Gasteiger partial charge < -0.3 is 15.0 Å². The highest BCUT2D eigenvalue weighted by Crippen LogP contribution is 2.38. The summed E-state index contributed by atoms with van der Waals surface area (Å²) in [5, 5.41) is 20.0. The fourth-order valence-electron chi connectivity index (χ4n) is 4.93. The summed E-state index contributed by atoms with van der Waals surface area (Å²) in [4.78, 5) is 41.5. The van der Waals surface area contributed by atoms with Gasteiger partial charge in [-0.2, -0.15) is 5.10 Å². The van der Waals surface area contributed by atoms with Crippen LogP contribution in [0, 0.1) is 0 Å².